The first-order valence-electron chi connectivity index (χ1n) is 6.06. The van der Waals surface area contributed by atoms with Crippen LogP contribution >= 0.6 is 11.3 Å². The summed E-state index contributed by atoms with van der Waals surface area (Å²) in [6.45, 7) is 0. The molecule has 0 bridgehead atoms. The Labute approximate surface area is 115 Å². The molecule has 3 rings (SSSR count). The van der Waals surface area contributed by atoms with Gasteiger partial charge in [0.15, 0.2) is 0 Å². The standard InChI is InChI=1S/C14H14N4S/c15-18-12(14-16-6-3-7-17-14)8-10-9-19-13-5-2-1-4-11(10)13/h1-7,9,12,18H,8,15H2. The van der Waals surface area contributed by atoms with Gasteiger partial charge in [-0.2, -0.15) is 0 Å². The number of benzene rings is 1. The van der Waals surface area contributed by atoms with Gasteiger partial charge in [-0.3, -0.25) is 5.84 Å². The van der Waals surface area contributed by atoms with Crippen LogP contribution in [-0.2, 0) is 6.42 Å². The van der Waals surface area contributed by atoms with Gasteiger partial charge in [0, 0.05) is 17.1 Å². The number of nitrogens with two attached hydrogens (primary N) is 1. The maximum Gasteiger partial charge on any atom is 0.146 e. The molecule has 0 radical (unpaired) electrons. The Morgan fingerprint density at radius 1 is 1.16 bits per heavy atom. The number of nitrogens with zero attached hydrogens (tertiary/aromatic N) is 2. The van der Waals surface area contributed by atoms with Crippen molar-refractivity contribution >= 4 is 21.4 Å². The Hall–Kier alpha value is -1.82. The van der Waals surface area contributed by atoms with E-state index in [9.17, 15) is 0 Å². The second-order valence-electron chi connectivity index (χ2n) is 4.29. The summed E-state index contributed by atoms with van der Waals surface area (Å²) >= 11 is 1.75. The first-order chi connectivity index (χ1) is 9.38. The maximum absolute atomic E-state index is 5.64. The van der Waals surface area contributed by atoms with Crippen LogP contribution in [0.1, 0.15) is 17.4 Å². The second-order valence-corrected chi connectivity index (χ2v) is 5.20. The number of hydrogen-bond donors (Lipinski definition) is 2. The Morgan fingerprint density at radius 2 is 1.95 bits per heavy atom. The summed E-state index contributed by atoms with van der Waals surface area (Å²) in [4.78, 5) is 8.52. The topological polar surface area (TPSA) is 63.8 Å². The molecule has 0 aliphatic rings. The van der Waals surface area contributed by atoms with Crippen LogP contribution in [0.2, 0.25) is 0 Å². The van der Waals surface area contributed by atoms with Gasteiger partial charge in [-0.15, -0.1) is 11.3 Å². The Morgan fingerprint density at radius 3 is 2.74 bits per heavy atom. The minimum absolute atomic E-state index is 0.0702. The van der Waals surface area contributed by atoms with Gasteiger partial charge in [0.25, 0.3) is 0 Å². The van der Waals surface area contributed by atoms with E-state index in [0.717, 1.165) is 12.2 Å². The molecule has 0 saturated carbocycles. The van der Waals surface area contributed by atoms with Crippen molar-refractivity contribution in [3.05, 3.63) is 59.5 Å². The zero-order chi connectivity index (χ0) is 13.1. The second kappa shape index (κ2) is 5.44. The predicted octanol–water partition coefficient (Wildman–Crippen LogP) is 2.44. The average Bonchev–Trinajstić information content (AvgIpc) is 2.89. The summed E-state index contributed by atoms with van der Waals surface area (Å²) in [6, 6.07) is 10.1. The quantitative estimate of drug-likeness (QED) is 0.564. The minimum Gasteiger partial charge on any atom is -0.271 e. The smallest absolute Gasteiger partial charge is 0.146 e. The van der Waals surface area contributed by atoms with E-state index in [2.05, 4.69) is 45.0 Å². The van der Waals surface area contributed by atoms with Crippen LogP contribution in [0.15, 0.2) is 48.1 Å². The van der Waals surface area contributed by atoms with Gasteiger partial charge in [0.2, 0.25) is 0 Å². The summed E-state index contributed by atoms with van der Waals surface area (Å²) in [5, 5.41) is 3.46. The van der Waals surface area contributed by atoms with Crippen LogP contribution in [-0.4, -0.2) is 9.97 Å². The lowest BCUT2D eigenvalue weighted by atomic mass is 10.0. The van der Waals surface area contributed by atoms with Crippen LogP contribution in [0.25, 0.3) is 10.1 Å². The molecular weight excluding hydrogens is 256 g/mol. The first-order valence-corrected chi connectivity index (χ1v) is 6.94. The summed E-state index contributed by atoms with van der Waals surface area (Å²) in [5.74, 6) is 6.36. The molecule has 0 fully saturated rings. The molecule has 19 heavy (non-hydrogen) atoms. The molecule has 1 aromatic carbocycles. The maximum atomic E-state index is 5.64. The molecule has 4 nitrogen and oxygen atoms in total. The Bertz CT molecular complexity index is 665. The highest BCUT2D eigenvalue weighted by Gasteiger charge is 2.15. The fraction of sp³-hybridized carbons (Fsp3) is 0.143. The lowest BCUT2D eigenvalue weighted by molar-refractivity contribution is 0.524. The minimum atomic E-state index is -0.0702. The summed E-state index contributed by atoms with van der Waals surface area (Å²) in [6.07, 6.45) is 4.25. The summed E-state index contributed by atoms with van der Waals surface area (Å²) in [5.41, 5.74) is 4.08. The number of nitrogens with one attached hydrogen (secondary N) is 1. The van der Waals surface area contributed by atoms with Crippen LogP contribution < -0.4 is 11.3 Å². The summed E-state index contributed by atoms with van der Waals surface area (Å²) in [7, 11) is 0. The van der Waals surface area contributed by atoms with Crippen molar-refractivity contribution in [2.24, 2.45) is 5.84 Å². The van der Waals surface area contributed by atoms with Gasteiger partial charge in [0.1, 0.15) is 5.82 Å². The molecule has 0 saturated heterocycles. The fourth-order valence-electron chi connectivity index (χ4n) is 2.13. The van der Waals surface area contributed by atoms with Crippen molar-refractivity contribution in [3.8, 4) is 0 Å². The van der Waals surface area contributed by atoms with Crippen molar-refractivity contribution in [2.45, 2.75) is 12.5 Å². The third-order valence-corrected chi connectivity index (χ3v) is 4.10. The van der Waals surface area contributed by atoms with Gasteiger partial charge >= 0.3 is 0 Å². The fourth-order valence-corrected chi connectivity index (χ4v) is 3.10. The van der Waals surface area contributed by atoms with Gasteiger partial charge in [-0.05, 0) is 34.9 Å². The lowest BCUT2D eigenvalue weighted by Gasteiger charge is -2.13. The number of hydrazine groups is 1. The van der Waals surface area contributed by atoms with Crippen molar-refractivity contribution in [3.63, 3.8) is 0 Å². The van der Waals surface area contributed by atoms with Crippen LogP contribution in [0.3, 0.4) is 0 Å². The van der Waals surface area contributed by atoms with E-state index < -0.39 is 0 Å². The molecule has 0 aliphatic heterocycles. The van der Waals surface area contributed by atoms with E-state index in [1.165, 1.54) is 15.6 Å². The molecule has 1 atom stereocenters. The van der Waals surface area contributed by atoms with Gasteiger partial charge in [-0.25, -0.2) is 15.4 Å². The van der Waals surface area contributed by atoms with Crippen molar-refractivity contribution < 1.29 is 0 Å². The van der Waals surface area contributed by atoms with E-state index in [0.29, 0.717) is 0 Å². The molecule has 96 valence electrons. The van der Waals surface area contributed by atoms with Crippen LogP contribution in [0.5, 0.6) is 0 Å². The largest absolute Gasteiger partial charge is 0.271 e. The molecule has 0 amide bonds. The highest BCUT2D eigenvalue weighted by molar-refractivity contribution is 7.17. The van der Waals surface area contributed by atoms with Crippen molar-refractivity contribution in [1.29, 1.82) is 0 Å². The molecular formula is C14H14N4S. The molecule has 3 aromatic rings. The third kappa shape index (κ3) is 2.49. The third-order valence-electron chi connectivity index (χ3n) is 3.08. The first kappa shape index (κ1) is 12.2. The zero-order valence-electron chi connectivity index (χ0n) is 10.3. The Balaban J connectivity index is 1.91. The number of fused-ring (bicyclic) bond motifs is 1. The number of hydrogen-bond acceptors (Lipinski definition) is 5. The Kier molecular flexibility index (Phi) is 3.50. The van der Waals surface area contributed by atoms with Gasteiger partial charge in [-0.1, -0.05) is 18.2 Å². The molecule has 0 aliphatic carbocycles. The van der Waals surface area contributed by atoms with E-state index in [4.69, 9.17) is 5.84 Å². The molecule has 0 spiro atoms. The lowest BCUT2D eigenvalue weighted by Crippen LogP contribution is -2.30. The van der Waals surface area contributed by atoms with E-state index in [1.54, 1.807) is 29.8 Å². The normalized spacial score (nSPS) is 12.7. The molecule has 3 N–H and O–H groups in total. The predicted molar refractivity (Wildman–Crippen MR) is 77.6 cm³/mol. The van der Waals surface area contributed by atoms with Gasteiger partial charge < -0.3 is 0 Å². The molecule has 1 unspecified atom stereocenters. The number of rotatable bonds is 4. The number of thiophene rings is 1. The SMILES string of the molecule is NNC(Cc1csc2ccccc12)c1ncccn1. The highest BCUT2D eigenvalue weighted by atomic mass is 32.1. The van der Waals surface area contributed by atoms with Crippen LogP contribution in [0.4, 0.5) is 0 Å². The molecule has 2 aromatic heterocycles. The van der Waals surface area contributed by atoms with E-state index >= 15 is 0 Å². The van der Waals surface area contributed by atoms with Crippen molar-refractivity contribution in [1.82, 2.24) is 15.4 Å². The van der Waals surface area contributed by atoms with E-state index in [-0.39, 0.29) is 6.04 Å². The number of aromatic nitrogens is 2. The molecule has 2 heterocycles. The average molecular weight is 270 g/mol. The monoisotopic (exact) mass is 270 g/mol. The van der Waals surface area contributed by atoms with Crippen LogP contribution in [0, 0.1) is 0 Å². The van der Waals surface area contributed by atoms with E-state index in [1.807, 2.05) is 0 Å². The zero-order valence-corrected chi connectivity index (χ0v) is 11.1. The summed E-state index contributed by atoms with van der Waals surface area (Å²) < 4.78 is 1.29. The van der Waals surface area contributed by atoms with Gasteiger partial charge in [0.05, 0.1) is 6.04 Å². The van der Waals surface area contributed by atoms with Crippen molar-refractivity contribution in [2.75, 3.05) is 0 Å². The molecule has 5 heteroatoms. The highest BCUT2D eigenvalue weighted by Crippen LogP contribution is 2.28.